The van der Waals surface area contributed by atoms with Crippen LogP contribution in [0.15, 0.2) is 24.3 Å². The van der Waals surface area contributed by atoms with Crippen LogP contribution in [-0.2, 0) is 4.79 Å². The Balaban J connectivity index is 2.45. The van der Waals surface area contributed by atoms with Crippen molar-refractivity contribution in [2.24, 2.45) is 11.8 Å². The molecule has 1 aromatic rings. The van der Waals surface area contributed by atoms with Crippen LogP contribution in [0.2, 0.25) is 0 Å². The lowest BCUT2D eigenvalue weighted by Crippen LogP contribution is -2.36. The summed E-state index contributed by atoms with van der Waals surface area (Å²) in [4.78, 5) is 22.6. The van der Waals surface area contributed by atoms with Gasteiger partial charge < -0.3 is 15.7 Å². The van der Waals surface area contributed by atoms with E-state index in [1.54, 1.807) is 0 Å². The van der Waals surface area contributed by atoms with Gasteiger partial charge in [0.25, 0.3) is 0 Å². The van der Waals surface area contributed by atoms with Gasteiger partial charge in [0.05, 0.1) is 5.92 Å². The summed E-state index contributed by atoms with van der Waals surface area (Å²) in [6.45, 7) is 3.91. The summed E-state index contributed by atoms with van der Waals surface area (Å²) >= 11 is 0. The second-order valence-electron chi connectivity index (χ2n) is 5.01. The summed E-state index contributed by atoms with van der Waals surface area (Å²) < 4.78 is 12.7. The number of carbonyl (C=O) groups is 2. The summed E-state index contributed by atoms with van der Waals surface area (Å²) in [5.41, 5.74) is 0.444. The third-order valence-corrected chi connectivity index (χ3v) is 2.72. The third kappa shape index (κ3) is 5.69. The highest BCUT2D eigenvalue weighted by molar-refractivity contribution is 5.89. The minimum atomic E-state index is -0.930. The van der Waals surface area contributed by atoms with Crippen LogP contribution >= 0.6 is 0 Å². The van der Waals surface area contributed by atoms with Crippen LogP contribution in [0, 0.1) is 17.7 Å². The summed E-state index contributed by atoms with van der Waals surface area (Å²) in [6, 6.07) is 4.81. The Kier molecular flexibility index (Phi) is 5.96. The van der Waals surface area contributed by atoms with Gasteiger partial charge in [0.15, 0.2) is 0 Å². The van der Waals surface area contributed by atoms with Crippen molar-refractivity contribution in [3.63, 3.8) is 0 Å². The molecule has 0 aliphatic heterocycles. The highest BCUT2D eigenvalue weighted by Gasteiger charge is 2.19. The van der Waals surface area contributed by atoms with Crippen LogP contribution in [-0.4, -0.2) is 23.7 Å². The number of hydrogen-bond acceptors (Lipinski definition) is 2. The Labute approximate surface area is 117 Å². The maximum absolute atomic E-state index is 12.7. The molecule has 0 saturated heterocycles. The molecule has 110 valence electrons. The maximum atomic E-state index is 12.7. The molecule has 0 bridgehead atoms. The smallest absolute Gasteiger partial charge is 0.319 e. The lowest BCUT2D eigenvalue weighted by Gasteiger charge is -2.15. The van der Waals surface area contributed by atoms with E-state index >= 15 is 0 Å². The van der Waals surface area contributed by atoms with E-state index in [2.05, 4.69) is 10.6 Å². The quantitative estimate of drug-likeness (QED) is 0.750. The maximum Gasteiger partial charge on any atom is 0.319 e. The van der Waals surface area contributed by atoms with Gasteiger partial charge in [-0.25, -0.2) is 9.18 Å². The molecule has 2 amide bonds. The zero-order valence-electron chi connectivity index (χ0n) is 11.5. The van der Waals surface area contributed by atoms with E-state index < -0.39 is 17.9 Å². The van der Waals surface area contributed by atoms with E-state index in [-0.39, 0.29) is 18.3 Å². The van der Waals surface area contributed by atoms with Crippen molar-refractivity contribution in [2.45, 2.75) is 20.3 Å². The van der Waals surface area contributed by atoms with Crippen LogP contribution in [0.5, 0.6) is 0 Å². The Morgan fingerprint density at radius 3 is 2.35 bits per heavy atom. The fraction of sp³-hybridized carbons (Fsp3) is 0.429. The molecule has 1 aromatic carbocycles. The molecule has 0 saturated carbocycles. The molecular weight excluding hydrogens is 263 g/mol. The lowest BCUT2D eigenvalue weighted by atomic mass is 9.97. The molecule has 0 aliphatic carbocycles. The molecule has 0 aromatic heterocycles. The molecule has 20 heavy (non-hydrogen) atoms. The number of anilines is 1. The monoisotopic (exact) mass is 282 g/mol. The SMILES string of the molecule is CC(C)CC(CNC(=O)Nc1ccc(F)cc1)C(=O)O. The van der Waals surface area contributed by atoms with Crippen LogP contribution in [0.1, 0.15) is 20.3 Å². The van der Waals surface area contributed by atoms with Crippen molar-refractivity contribution in [3.05, 3.63) is 30.1 Å². The predicted octanol–water partition coefficient (Wildman–Crippen LogP) is 2.69. The Hall–Kier alpha value is -2.11. The second-order valence-corrected chi connectivity index (χ2v) is 5.01. The number of hydrogen-bond donors (Lipinski definition) is 3. The average Bonchev–Trinajstić information content (AvgIpc) is 2.36. The van der Waals surface area contributed by atoms with Crippen LogP contribution in [0.3, 0.4) is 0 Å². The predicted molar refractivity (Wildman–Crippen MR) is 74.0 cm³/mol. The van der Waals surface area contributed by atoms with Crippen molar-refractivity contribution in [1.82, 2.24) is 5.32 Å². The van der Waals surface area contributed by atoms with E-state index in [4.69, 9.17) is 5.11 Å². The number of carbonyl (C=O) groups excluding carboxylic acids is 1. The van der Waals surface area contributed by atoms with Crippen molar-refractivity contribution in [1.29, 1.82) is 0 Å². The number of benzene rings is 1. The first-order chi connectivity index (χ1) is 9.38. The first kappa shape index (κ1) is 15.9. The normalized spacial score (nSPS) is 12.0. The molecule has 0 heterocycles. The molecule has 0 spiro atoms. The van der Waals surface area contributed by atoms with Crippen molar-refractivity contribution >= 4 is 17.7 Å². The van der Waals surface area contributed by atoms with Gasteiger partial charge >= 0.3 is 12.0 Å². The summed E-state index contributed by atoms with van der Waals surface area (Å²) in [5, 5.41) is 14.1. The largest absolute Gasteiger partial charge is 0.481 e. The topological polar surface area (TPSA) is 78.4 Å². The number of halogens is 1. The molecule has 0 fully saturated rings. The highest BCUT2D eigenvalue weighted by Crippen LogP contribution is 2.11. The molecule has 1 rings (SSSR count). The van der Waals surface area contributed by atoms with E-state index in [1.807, 2.05) is 13.8 Å². The minimum absolute atomic E-state index is 0.0561. The van der Waals surface area contributed by atoms with Gasteiger partial charge in [0.1, 0.15) is 5.82 Å². The van der Waals surface area contributed by atoms with Crippen LogP contribution in [0.25, 0.3) is 0 Å². The lowest BCUT2D eigenvalue weighted by molar-refractivity contribution is -0.142. The number of aliphatic carboxylic acids is 1. The fourth-order valence-corrected chi connectivity index (χ4v) is 1.76. The molecule has 1 atom stereocenters. The van der Waals surface area contributed by atoms with Gasteiger partial charge in [-0.3, -0.25) is 4.79 Å². The molecule has 3 N–H and O–H groups in total. The molecular formula is C14H19FN2O3. The average molecular weight is 282 g/mol. The molecule has 6 heteroatoms. The van der Waals surface area contributed by atoms with E-state index in [9.17, 15) is 14.0 Å². The van der Waals surface area contributed by atoms with Gasteiger partial charge in [0.2, 0.25) is 0 Å². The number of carboxylic acid groups (broad SMARTS) is 1. The van der Waals surface area contributed by atoms with Crippen molar-refractivity contribution in [2.75, 3.05) is 11.9 Å². The first-order valence-corrected chi connectivity index (χ1v) is 6.41. The Morgan fingerprint density at radius 2 is 1.85 bits per heavy atom. The second kappa shape index (κ2) is 7.47. The number of amides is 2. The number of rotatable bonds is 6. The number of nitrogens with one attached hydrogen (secondary N) is 2. The van der Waals surface area contributed by atoms with Gasteiger partial charge in [0, 0.05) is 12.2 Å². The summed E-state index contributed by atoms with van der Waals surface area (Å²) in [5.74, 6) is -1.70. The van der Waals surface area contributed by atoms with Crippen LogP contribution in [0.4, 0.5) is 14.9 Å². The van der Waals surface area contributed by atoms with Gasteiger partial charge in [-0.15, -0.1) is 0 Å². The molecule has 1 unspecified atom stereocenters. The van der Waals surface area contributed by atoms with Gasteiger partial charge in [-0.2, -0.15) is 0 Å². The highest BCUT2D eigenvalue weighted by atomic mass is 19.1. The fourth-order valence-electron chi connectivity index (χ4n) is 1.76. The molecule has 0 radical (unpaired) electrons. The first-order valence-electron chi connectivity index (χ1n) is 6.41. The number of carboxylic acids is 1. The van der Waals surface area contributed by atoms with Crippen molar-refractivity contribution in [3.8, 4) is 0 Å². The number of urea groups is 1. The molecule has 0 aliphatic rings. The van der Waals surface area contributed by atoms with Gasteiger partial charge in [-0.1, -0.05) is 13.8 Å². The Bertz CT molecular complexity index is 460. The van der Waals surface area contributed by atoms with E-state index in [1.165, 1.54) is 24.3 Å². The zero-order chi connectivity index (χ0) is 15.1. The van der Waals surface area contributed by atoms with Gasteiger partial charge in [-0.05, 0) is 36.6 Å². The summed E-state index contributed by atoms with van der Waals surface area (Å²) in [7, 11) is 0. The summed E-state index contributed by atoms with van der Waals surface area (Å²) in [6.07, 6.45) is 0.492. The van der Waals surface area contributed by atoms with E-state index in [0.717, 1.165) is 0 Å². The molecule has 5 nitrogen and oxygen atoms in total. The zero-order valence-corrected chi connectivity index (χ0v) is 11.5. The van der Waals surface area contributed by atoms with Crippen molar-refractivity contribution < 1.29 is 19.1 Å². The third-order valence-electron chi connectivity index (χ3n) is 2.72. The Morgan fingerprint density at radius 1 is 1.25 bits per heavy atom. The van der Waals surface area contributed by atoms with Crippen LogP contribution < -0.4 is 10.6 Å². The standard InChI is InChI=1S/C14H19FN2O3/c1-9(2)7-10(13(18)19)8-16-14(20)17-12-5-3-11(15)4-6-12/h3-6,9-10H,7-8H2,1-2H3,(H,18,19)(H2,16,17,20). The van der Waals surface area contributed by atoms with E-state index in [0.29, 0.717) is 12.1 Å². The minimum Gasteiger partial charge on any atom is -0.481 e.